The van der Waals surface area contributed by atoms with E-state index < -0.39 is 97.5 Å². The lowest BCUT2D eigenvalue weighted by molar-refractivity contribution is -0.161. The highest BCUT2D eigenvalue weighted by Crippen LogP contribution is 2.45. The maximum atomic E-state index is 13.0. The SMILES string of the molecule is CC(C)CCCCCCCCCCCCCCCCCCCCC(=O)O[C@H](COC(=O)CCCCCCCCC(C)C)COP(=O)(O)OCC(O)COP(=O)(O)OC[C@@H](COC(=O)CCCCCCCCCC(C)C)OC(=O)CCCCCCCCCCC(C)C. The predicted molar refractivity (Wildman–Crippen MR) is 367 cm³/mol. The smallest absolute Gasteiger partial charge is 0.462 e. The van der Waals surface area contributed by atoms with Crippen LogP contribution in [0.25, 0.3) is 0 Å². The van der Waals surface area contributed by atoms with Crippen molar-refractivity contribution in [1.29, 1.82) is 0 Å². The van der Waals surface area contributed by atoms with E-state index in [0.717, 1.165) is 115 Å². The molecule has 0 aromatic heterocycles. The average Bonchev–Trinajstić information content (AvgIpc) is 3.51. The highest BCUT2D eigenvalue weighted by Gasteiger charge is 2.30. The van der Waals surface area contributed by atoms with Crippen LogP contribution >= 0.6 is 15.6 Å². The second-order valence-electron chi connectivity index (χ2n) is 27.9. The number of unbranched alkanes of at least 4 members (excludes halogenated alkanes) is 35. The Morgan fingerprint density at radius 2 is 0.462 bits per heavy atom. The van der Waals surface area contributed by atoms with Gasteiger partial charge in [-0.05, 0) is 49.4 Å². The number of aliphatic hydroxyl groups excluding tert-OH is 1. The second-order valence-corrected chi connectivity index (χ2v) is 30.8. The molecule has 0 heterocycles. The van der Waals surface area contributed by atoms with Gasteiger partial charge in [-0.1, -0.05) is 306 Å². The largest absolute Gasteiger partial charge is 0.472 e. The van der Waals surface area contributed by atoms with Gasteiger partial charge in [0, 0.05) is 25.7 Å². The highest BCUT2D eigenvalue weighted by molar-refractivity contribution is 7.47. The highest BCUT2D eigenvalue weighted by atomic mass is 31.2. The van der Waals surface area contributed by atoms with Crippen LogP contribution < -0.4 is 0 Å². The number of phosphoric acid groups is 2. The van der Waals surface area contributed by atoms with Gasteiger partial charge in [-0.15, -0.1) is 0 Å². The second kappa shape index (κ2) is 61.6. The summed E-state index contributed by atoms with van der Waals surface area (Å²) < 4.78 is 68.2. The Balaban J connectivity index is 5.15. The van der Waals surface area contributed by atoms with Crippen molar-refractivity contribution in [2.24, 2.45) is 23.7 Å². The molecule has 0 aliphatic heterocycles. The standard InChI is InChI=1S/C72H140O17P2/c1-62(2)48-40-32-24-19-17-15-13-11-9-10-12-14-16-18-20-27-38-46-54-71(76)88-68(59-83-70(75)53-45-37-31-30-35-43-51-65(7)8)61-87-91(80,81)85-57-66(73)56-84-90(78,79)86-60-67(58-82-69(74)52-44-36-29-23-26-34-42-50-64(5)6)89-72(77)55-47-39-28-22-21-25-33-41-49-63(3)4/h62-68,73H,9-61H2,1-8H3,(H,78,79)(H,80,81)/t66?,67-,68-/m1/s1. The average molecular weight is 1340 g/mol. The van der Waals surface area contributed by atoms with Crippen molar-refractivity contribution in [3.63, 3.8) is 0 Å². The van der Waals surface area contributed by atoms with Gasteiger partial charge in [-0.25, -0.2) is 9.13 Å². The Morgan fingerprint density at radius 1 is 0.275 bits per heavy atom. The minimum Gasteiger partial charge on any atom is -0.462 e. The molecular formula is C72H140O17P2. The fourth-order valence-electron chi connectivity index (χ4n) is 10.8. The van der Waals surface area contributed by atoms with E-state index in [1.807, 2.05) is 0 Å². The van der Waals surface area contributed by atoms with Crippen molar-refractivity contribution < 1.29 is 80.2 Å². The quantitative estimate of drug-likeness (QED) is 0.0222. The van der Waals surface area contributed by atoms with E-state index in [1.165, 1.54) is 148 Å². The normalized spacial score (nSPS) is 14.2. The van der Waals surface area contributed by atoms with E-state index >= 15 is 0 Å². The summed E-state index contributed by atoms with van der Waals surface area (Å²) in [5.41, 5.74) is 0. The van der Waals surface area contributed by atoms with Gasteiger partial charge in [0.2, 0.25) is 0 Å². The number of hydrogen-bond donors (Lipinski definition) is 3. The molecule has 0 rings (SSSR count). The van der Waals surface area contributed by atoms with Gasteiger partial charge >= 0.3 is 39.5 Å². The monoisotopic (exact) mass is 1340 g/mol. The number of ether oxygens (including phenoxy) is 4. The predicted octanol–water partition coefficient (Wildman–Crippen LogP) is 20.5. The van der Waals surface area contributed by atoms with Gasteiger partial charge in [0.15, 0.2) is 12.2 Å². The fourth-order valence-corrected chi connectivity index (χ4v) is 12.4. The van der Waals surface area contributed by atoms with Crippen LogP contribution in [0, 0.1) is 23.7 Å². The van der Waals surface area contributed by atoms with Crippen LogP contribution in [0.15, 0.2) is 0 Å². The molecule has 0 aromatic rings. The van der Waals surface area contributed by atoms with E-state index in [-0.39, 0.29) is 25.7 Å². The Morgan fingerprint density at radius 3 is 0.681 bits per heavy atom. The maximum absolute atomic E-state index is 13.0. The molecule has 3 N–H and O–H groups in total. The molecule has 0 saturated carbocycles. The van der Waals surface area contributed by atoms with Crippen molar-refractivity contribution in [2.75, 3.05) is 39.6 Å². The molecule has 0 radical (unpaired) electrons. The lowest BCUT2D eigenvalue weighted by atomic mass is 10.0. The molecule has 91 heavy (non-hydrogen) atoms. The van der Waals surface area contributed by atoms with Gasteiger partial charge < -0.3 is 33.8 Å². The number of hydrogen-bond acceptors (Lipinski definition) is 15. The first kappa shape index (κ1) is 89.1. The minimum atomic E-state index is -4.95. The molecule has 0 fully saturated rings. The van der Waals surface area contributed by atoms with E-state index in [1.54, 1.807) is 0 Å². The summed E-state index contributed by atoms with van der Waals surface area (Å²) in [4.78, 5) is 72.5. The summed E-state index contributed by atoms with van der Waals surface area (Å²) in [6, 6.07) is 0. The number of phosphoric ester groups is 2. The van der Waals surface area contributed by atoms with Gasteiger partial charge in [0.25, 0.3) is 0 Å². The lowest BCUT2D eigenvalue weighted by Crippen LogP contribution is -2.30. The maximum Gasteiger partial charge on any atom is 0.472 e. The van der Waals surface area contributed by atoms with Crippen LogP contribution in [0.1, 0.15) is 357 Å². The van der Waals surface area contributed by atoms with Crippen LogP contribution in [-0.2, 0) is 65.4 Å². The third-order valence-electron chi connectivity index (χ3n) is 16.6. The first-order valence-electron chi connectivity index (χ1n) is 37.2. The first-order valence-corrected chi connectivity index (χ1v) is 40.2. The molecule has 17 nitrogen and oxygen atoms in total. The van der Waals surface area contributed by atoms with Crippen LogP contribution in [0.2, 0.25) is 0 Å². The van der Waals surface area contributed by atoms with Crippen molar-refractivity contribution in [2.45, 2.75) is 375 Å². The summed E-state index contributed by atoms with van der Waals surface area (Å²) in [5.74, 6) is 0.791. The molecule has 540 valence electrons. The molecular weight excluding hydrogens is 1200 g/mol. The molecule has 0 amide bonds. The van der Waals surface area contributed by atoms with Crippen LogP contribution in [0.5, 0.6) is 0 Å². The number of rotatable bonds is 69. The number of carbonyl (C=O) groups excluding carboxylic acids is 4. The van der Waals surface area contributed by atoms with E-state index in [9.17, 15) is 43.2 Å². The third-order valence-corrected chi connectivity index (χ3v) is 18.5. The van der Waals surface area contributed by atoms with Crippen LogP contribution in [-0.4, -0.2) is 96.7 Å². The number of aliphatic hydroxyl groups is 1. The van der Waals surface area contributed by atoms with E-state index in [2.05, 4.69) is 55.4 Å². The molecule has 0 aliphatic rings. The molecule has 0 spiro atoms. The summed E-state index contributed by atoms with van der Waals surface area (Å²) in [6.07, 6.45) is 44.9. The topological polar surface area (TPSA) is 237 Å². The Bertz CT molecular complexity index is 1800. The summed E-state index contributed by atoms with van der Waals surface area (Å²) in [7, 11) is -9.90. The summed E-state index contributed by atoms with van der Waals surface area (Å²) in [5, 5.41) is 10.6. The first-order chi connectivity index (χ1) is 43.6. The van der Waals surface area contributed by atoms with E-state index in [0.29, 0.717) is 37.5 Å². The fraction of sp³-hybridized carbons (Fsp3) is 0.944. The van der Waals surface area contributed by atoms with Gasteiger partial charge in [0.05, 0.1) is 26.4 Å². The van der Waals surface area contributed by atoms with Crippen molar-refractivity contribution >= 4 is 39.5 Å². The van der Waals surface area contributed by atoms with Crippen LogP contribution in [0.4, 0.5) is 0 Å². The van der Waals surface area contributed by atoms with Crippen molar-refractivity contribution in [1.82, 2.24) is 0 Å². The van der Waals surface area contributed by atoms with Gasteiger partial charge in [0.1, 0.15) is 19.3 Å². The third kappa shape index (κ3) is 66.5. The Hall–Kier alpha value is -1.94. The molecule has 5 atom stereocenters. The summed E-state index contributed by atoms with van der Waals surface area (Å²) in [6.45, 7) is 14.0. The molecule has 0 aromatic carbocycles. The number of esters is 4. The zero-order valence-corrected chi connectivity index (χ0v) is 61.3. The Labute approximate surface area is 556 Å². The minimum absolute atomic E-state index is 0.103. The zero-order chi connectivity index (χ0) is 67.5. The van der Waals surface area contributed by atoms with E-state index in [4.69, 9.17) is 37.0 Å². The molecule has 0 bridgehead atoms. The molecule has 3 unspecified atom stereocenters. The molecule has 0 aliphatic carbocycles. The number of carbonyl (C=O) groups is 4. The lowest BCUT2D eigenvalue weighted by Gasteiger charge is -2.21. The molecule has 0 saturated heterocycles. The van der Waals surface area contributed by atoms with Crippen LogP contribution in [0.3, 0.4) is 0 Å². The zero-order valence-electron chi connectivity index (χ0n) is 59.5. The molecule has 19 heteroatoms. The summed E-state index contributed by atoms with van der Waals surface area (Å²) >= 11 is 0. The van der Waals surface area contributed by atoms with Crippen molar-refractivity contribution in [3.8, 4) is 0 Å². The van der Waals surface area contributed by atoms with Crippen molar-refractivity contribution in [3.05, 3.63) is 0 Å². The Kier molecular flexibility index (Phi) is 60.3. The van der Waals surface area contributed by atoms with Gasteiger partial charge in [-0.3, -0.25) is 37.3 Å². The van der Waals surface area contributed by atoms with Gasteiger partial charge in [-0.2, -0.15) is 0 Å².